The number of ketones is 1. The number of nitrogens with zero attached hydrogens (tertiary/aromatic N) is 2. The van der Waals surface area contributed by atoms with E-state index in [2.05, 4.69) is 194 Å². The third kappa shape index (κ3) is 13.5. The summed E-state index contributed by atoms with van der Waals surface area (Å²) >= 11 is 14.5. The van der Waals surface area contributed by atoms with Crippen LogP contribution in [0.15, 0.2) is 60.7 Å². The molecule has 13 atom stereocenters. The maximum absolute atomic E-state index is 15.5. The molecule has 14 nitrogen and oxygen atoms in total. The summed E-state index contributed by atoms with van der Waals surface area (Å²) in [5, 5.41) is 17.2. The van der Waals surface area contributed by atoms with Crippen molar-refractivity contribution in [2.45, 2.75) is 202 Å². The number of aromatic hydroxyl groups is 1. The number of rotatable bonds is 26. The van der Waals surface area contributed by atoms with Crippen LogP contribution in [0.5, 0.6) is 23.0 Å². The van der Waals surface area contributed by atoms with E-state index in [9.17, 15) is 9.90 Å². The van der Waals surface area contributed by atoms with E-state index in [-0.39, 0.29) is 62.1 Å². The molecule has 0 aliphatic heterocycles. The Morgan fingerprint density at radius 2 is 0.938 bits per heavy atom. The summed E-state index contributed by atoms with van der Waals surface area (Å²) < 4.78 is 50.8. The van der Waals surface area contributed by atoms with E-state index >= 15 is 4.79 Å². The standard InChI is InChI=1S/C77H102I4N4O10S/c1-44-15-23-60-70(5,6)74(60,33-44)91-40-84(41-92-75-34-45(2)16-24-61(75)71(75,7)8)38-51-27-50(28-52(66(51)89-13)39-85(42-93-76-35-46(3)17-25-62(76)72(76,9)10)43-94-77-36-47(4)18-26-63(77)73(77,11)12)64(86)48-19-21-53(22-20-48)83-69(96)82-37-55(68(88)90-14)49-29-58(80)67(59(81)30-49)95-54-31-56(78)65(87)57(79)32-54/h19-22,27-32,44-47,55,60-63,87H,15-18,23-26,33-43H2,1-14H3,(H2,82,83,96). The van der Waals surface area contributed by atoms with Crippen molar-refractivity contribution in [2.75, 3.05) is 53.0 Å². The summed E-state index contributed by atoms with van der Waals surface area (Å²) in [6.45, 7) is 31.3. The first-order valence-corrected chi connectivity index (χ1v) is 39.8. The van der Waals surface area contributed by atoms with Crippen LogP contribution in [-0.4, -0.2) is 102 Å². The van der Waals surface area contributed by atoms with Crippen LogP contribution >= 0.6 is 103 Å². The van der Waals surface area contributed by atoms with Gasteiger partial charge in [-0.3, -0.25) is 19.4 Å². The highest BCUT2D eigenvalue weighted by molar-refractivity contribution is 14.1. The molecule has 8 fully saturated rings. The Morgan fingerprint density at radius 1 is 0.552 bits per heavy atom. The third-order valence-electron chi connectivity index (χ3n) is 25.7. The van der Waals surface area contributed by atoms with E-state index in [1.807, 2.05) is 48.5 Å². The highest BCUT2D eigenvalue weighted by Gasteiger charge is 2.76. The molecule has 12 rings (SSSR count). The van der Waals surface area contributed by atoms with Gasteiger partial charge in [-0.2, -0.15) is 0 Å². The number of halogens is 4. The van der Waals surface area contributed by atoms with E-state index in [0.29, 0.717) is 128 Å². The van der Waals surface area contributed by atoms with Gasteiger partial charge in [0.1, 0.15) is 44.2 Å². The maximum Gasteiger partial charge on any atom is 0.314 e. The van der Waals surface area contributed by atoms with Crippen molar-refractivity contribution in [3.05, 3.63) is 103 Å². The van der Waals surface area contributed by atoms with Gasteiger partial charge < -0.3 is 48.9 Å². The molecular formula is C77H102I4N4O10S. The topological polar surface area (TPSA) is 150 Å². The zero-order valence-electron chi connectivity index (χ0n) is 58.8. The van der Waals surface area contributed by atoms with Crippen LogP contribution in [0.3, 0.4) is 0 Å². The van der Waals surface area contributed by atoms with Crippen molar-refractivity contribution in [3.8, 4) is 23.0 Å². The second-order valence-corrected chi connectivity index (χ2v) is 37.8. The van der Waals surface area contributed by atoms with Gasteiger partial charge in [0.15, 0.2) is 16.6 Å². The monoisotopic (exact) mass is 1780 g/mol. The van der Waals surface area contributed by atoms with Crippen molar-refractivity contribution in [2.24, 2.45) is 69.0 Å². The molecule has 4 aromatic rings. The van der Waals surface area contributed by atoms with Crippen molar-refractivity contribution in [1.29, 1.82) is 0 Å². The SMILES string of the molecule is COC(=O)C(CNC(=S)Nc1ccc(C(=O)c2cc(CN(COC34CC(C)CCC3C4(C)C)COC34CC(C)CCC3C4(C)C)c(OC)c(CN(COC34CC(C)CCC3C4(C)C)COC34CC(C)CCC3C4(C)C)c2)cc1)c1cc(I)c(Oc2cc(I)c(O)c(I)c2)c(I)c1. The summed E-state index contributed by atoms with van der Waals surface area (Å²) in [5.74, 6) is 5.34. The van der Waals surface area contributed by atoms with Gasteiger partial charge in [0.2, 0.25) is 0 Å². The smallest absolute Gasteiger partial charge is 0.314 e. The third-order valence-corrected chi connectivity index (χ3v) is 29.2. The zero-order chi connectivity index (χ0) is 69.0. The van der Waals surface area contributed by atoms with Crippen LogP contribution in [0.25, 0.3) is 0 Å². The van der Waals surface area contributed by atoms with Crippen molar-refractivity contribution in [1.82, 2.24) is 15.1 Å². The first-order chi connectivity index (χ1) is 45.3. The van der Waals surface area contributed by atoms with Gasteiger partial charge in [-0.15, -0.1) is 0 Å². The number of esters is 1. The molecule has 19 heteroatoms. The average molecular weight is 1780 g/mol. The Kier molecular flexibility index (Phi) is 21.3. The Hall–Kier alpha value is -2.21. The Bertz CT molecular complexity index is 3360. The van der Waals surface area contributed by atoms with Crippen LogP contribution in [0.1, 0.15) is 199 Å². The Morgan fingerprint density at radius 3 is 1.30 bits per heavy atom. The molecular weight excluding hydrogens is 1680 g/mol. The number of hydrogen-bond acceptors (Lipinski definition) is 13. The lowest BCUT2D eigenvalue weighted by atomic mass is 9.88. The van der Waals surface area contributed by atoms with Crippen LogP contribution < -0.4 is 20.1 Å². The first kappa shape index (κ1) is 73.5. The number of hydrogen-bond donors (Lipinski definition) is 3. The number of fused-ring (bicyclic) bond motifs is 4. The lowest BCUT2D eigenvalue weighted by Crippen LogP contribution is -2.39. The molecule has 0 saturated heterocycles. The van der Waals surface area contributed by atoms with Gasteiger partial charge >= 0.3 is 5.97 Å². The maximum atomic E-state index is 15.5. The van der Waals surface area contributed by atoms with Crippen molar-refractivity contribution < 1.29 is 47.9 Å². The molecule has 0 spiro atoms. The van der Waals surface area contributed by atoms with Gasteiger partial charge in [-0.05, 0) is 289 Å². The number of methoxy groups -OCH3 is 2. The van der Waals surface area contributed by atoms with Gasteiger partial charge in [0, 0.05) is 47.6 Å². The minimum absolute atomic E-state index is 0.0741. The van der Waals surface area contributed by atoms with Gasteiger partial charge in [-0.25, -0.2) is 0 Å². The minimum atomic E-state index is -0.701. The molecule has 8 saturated carbocycles. The molecule has 8 aliphatic rings. The Balaban J connectivity index is 0.832. The molecule has 0 aromatic heterocycles. The van der Waals surface area contributed by atoms with E-state index in [1.165, 1.54) is 58.5 Å². The number of phenolic OH excluding ortho intramolecular Hbond substituents is 1. The van der Waals surface area contributed by atoms with E-state index in [4.69, 9.17) is 45.4 Å². The lowest BCUT2D eigenvalue weighted by molar-refractivity contribution is -0.142. The molecule has 0 bridgehead atoms. The summed E-state index contributed by atoms with van der Waals surface area (Å²) in [7, 11) is 3.15. The summed E-state index contributed by atoms with van der Waals surface area (Å²) in [6.07, 6.45) is 13.8. The quantitative estimate of drug-likeness (QED) is 0.0180. The second-order valence-electron chi connectivity index (χ2n) is 32.7. The number of carbonyl (C=O) groups is 2. The van der Waals surface area contributed by atoms with Crippen LogP contribution in [-0.2, 0) is 41.6 Å². The number of thiocarbonyl (C=S) groups is 1. The molecule has 0 amide bonds. The summed E-state index contributed by atoms with van der Waals surface area (Å²) in [5.41, 5.74) is 3.77. The molecule has 4 aromatic carbocycles. The van der Waals surface area contributed by atoms with Gasteiger partial charge in [0.25, 0.3) is 0 Å². The lowest BCUT2D eigenvalue weighted by Gasteiger charge is -2.35. The largest absolute Gasteiger partial charge is 0.506 e. The number of benzene rings is 4. The fraction of sp³-hybridized carbons (Fsp3) is 0.649. The number of nitrogens with one attached hydrogen (secondary N) is 2. The zero-order valence-corrected chi connectivity index (χ0v) is 68.3. The summed E-state index contributed by atoms with van der Waals surface area (Å²) in [4.78, 5) is 33.7. The van der Waals surface area contributed by atoms with E-state index in [1.54, 1.807) is 19.2 Å². The average Bonchev–Trinajstić information content (AvgIpc) is 1.54. The first-order valence-electron chi connectivity index (χ1n) is 35.1. The fourth-order valence-corrected chi connectivity index (χ4v) is 23.6. The highest BCUT2D eigenvalue weighted by Crippen LogP contribution is 2.74. The molecule has 0 heterocycles. The number of carbonyl (C=O) groups excluding carboxylic acids is 2. The van der Waals surface area contributed by atoms with Crippen molar-refractivity contribution >= 4 is 125 Å². The highest BCUT2D eigenvalue weighted by atomic mass is 127. The number of anilines is 1. The molecule has 96 heavy (non-hydrogen) atoms. The van der Waals surface area contributed by atoms with Crippen LogP contribution in [0, 0.1) is 83.3 Å². The summed E-state index contributed by atoms with van der Waals surface area (Å²) in [6, 6.07) is 18.9. The van der Waals surface area contributed by atoms with Gasteiger partial charge in [0.05, 0.1) is 56.8 Å². The van der Waals surface area contributed by atoms with Crippen LogP contribution in [0.4, 0.5) is 5.69 Å². The molecule has 8 aliphatic carbocycles. The number of phenols is 1. The Labute approximate surface area is 631 Å². The molecule has 524 valence electrons. The molecule has 0 radical (unpaired) electrons. The second kappa shape index (κ2) is 27.8. The van der Waals surface area contributed by atoms with Crippen molar-refractivity contribution in [3.63, 3.8) is 0 Å². The predicted molar refractivity (Wildman–Crippen MR) is 414 cm³/mol. The van der Waals surface area contributed by atoms with E-state index < -0.39 is 11.9 Å². The molecule has 13 unspecified atom stereocenters. The fourth-order valence-electron chi connectivity index (χ4n) is 19.6. The molecule has 3 N–H and O–H groups in total. The predicted octanol–water partition coefficient (Wildman–Crippen LogP) is 18.4. The van der Waals surface area contributed by atoms with Crippen LogP contribution in [0.2, 0.25) is 0 Å². The normalized spacial score (nSPS) is 31.6. The van der Waals surface area contributed by atoms with Gasteiger partial charge in [-0.1, -0.05) is 109 Å². The minimum Gasteiger partial charge on any atom is -0.506 e. The number of ether oxygens (including phenoxy) is 7. The van der Waals surface area contributed by atoms with E-state index in [0.717, 1.165) is 55.3 Å².